The van der Waals surface area contributed by atoms with E-state index in [0.717, 1.165) is 31.3 Å². The number of thioether (sulfide) groups is 1. The van der Waals surface area contributed by atoms with Gasteiger partial charge in [0.1, 0.15) is 34.1 Å². The third-order valence-electron chi connectivity index (χ3n) is 7.06. The monoisotopic (exact) mass is 640 g/mol. The molecule has 0 radical (unpaired) electrons. The maximum Gasteiger partial charge on any atom is 0.335 e. The smallest absolute Gasteiger partial charge is 0.335 e. The van der Waals surface area contributed by atoms with Crippen molar-refractivity contribution in [2.75, 3.05) is 52.6 Å². The van der Waals surface area contributed by atoms with Gasteiger partial charge in [0.05, 0.1) is 30.3 Å². The molecule has 2 heterocycles. The van der Waals surface area contributed by atoms with Crippen LogP contribution in [0.4, 0.5) is 8.78 Å². The molecule has 44 heavy (non-hydrogen) atoms. The number of morpholine rings is 1. The molecule has 0 bridgehead atoms. The summed E-state index contributed by atoms with van der Waals surface area (Å²) in [4.78, 5) is 28.3. The zero-order valence-corrected chi connectivity index (χ0v) is 25.3. The Hall–Kier alpha value is -3.84. The summed E-state index contributed by atoms with van der Waals surface area (Å²) >= 11 is 6.62. The third-order valence-corrected chi connectivity index (χ3v) is 8.44. The van der Waals surface area contributed by atoms with E-state index in [-0.39, 0.29) is 17.0 Å². The maximum atomic E-state index is 14.9. The summed E-state index contributed by atoms with van der Waals surface area (Å²) in [6.45, 7) is 4.61. The van der Waals surface area contributed by atoms with Crippen molar-refractivity contribution < 1.29 is 37.7 Å². The van der Waals surface area contributed by atoms with Crippen molar-refractivity contribution in [1.82, 2.24) is 9.80 Å². The highest BCUT2D eigenvalue weighted by molar-refractivity contribution is 8.26. The number of benzene rings is 3. The first kappa shape index (κ1) is 31.6. The van der Waals surface area contributed by atoms with E-state index in [1.54, 1.807) is 36.4 Å². The molecule has 3 aromatic rings. The predicted octanol–water partition coefficient (Wildman–Crippen LogP) is 5.71. The summed E-state index contributed by atoms with van der Waals surface area (Å²) in [5.41, 5.74) is 1.21. The summed E-state index contributed by atoms with van der Waals surface area (Å²) < 4.78 is 46.5. The van der Waals surface area contributed by atoms with E-state index in [2.05, 4.69) is 4.90 Å². The van der Waals surface area contributed by atoms with E-state index in [9.17, 15) is 18.4 Å². The SMILES string of the molecule is O=C(O)c1ccc(OCCCN2C(=O)C(=Cc3ccc(OCCN4CCOCC4)c(-c4cc(F)ccc4F)c3)SC2=S)cc1. The molecule has 0 unspecified atom stereocenters. The van der Waals surface area contributed by atoms with Crippen LogP contribution in [0.5, 0.6) is 11.5 Å². The largest absolute Gasteiger partial charge is 0.494 e. The summed E-state index contributed by atoms with van der Waals surface area (Å²) in [5, 5.41) is 9.01. The number of carbonyl (C=O) groups excluding carboxylic acids is 1. The standard InChI is InChI=1S/C32H30F2N2O6S2/c33-23-5-8-27(34)25(20-23)26-18-21(2-9-28(26)42-17-13-35-11-15-40-16-12-35)19-29-30(37)36(32(43)44-29)10-1-14-41-24-6-3-22(4-7-24)31(38)39/h2-9,18-20H,1,10-17H2,(H,38,39). The second-order valence-corrected chi connectivity index (χ2v) is 11.7. The Labute approximate surface area is 263 Å². The molecule has 2 aliphatic rings. The van der Waals surface area contributed by atoms with Crippen molar-refractivity contribution in [1.29, 1.82) is 0 Å². The third kappa shape index (κ3) is 8.00. The van der Waals surface area contributed by atoms with Crippen LogP contribution < -0.4 is 9.47 Å². The van der Waals surface area contributed by atoms with Crippen LogP contribution in [0.3, 0.4) is 0 Å². The Kier molecular flexibility index (Phi) is 10.6. The molecule has 12 heteroatoms. The Balaban J connectivity index is 1.26. The van der Waals surface area contributed by atoms with Crippen molar-refractivity contribution in [3.63, 3.8) is 0 Å². The molecular weight excluding hydrogens is 610 g/mol. The number of nitrogens with zero attached hydrogens (tertiary/aromatic N) is 2. The van der Waals surface area contributed by atoms with E-state index >= 15 is 0 Å². The molecule has 2 saturated heterocycles. The van der Waals surface area contributed by atoms with Crippen LogP contribution in [0, 0.1) is 11.6 Å². The van der Waals surface area contributed by atoms with Gasteiger partial charge in [-0.2, -0.15) is 0 Å². The van der Waals surface area contributed by atoms with Crippen molar-refractivity contribution in [2.45, 2.75) is 6.42 Å². The van der Waals surface area contributed by atoms with E-state index in [1.165, 1.54) is 28.8 Å². The van der Waals surface area contributed by atoms with Crippen molar-refractivity contribution in [3.8, 4) is 22.6 Å². The molecule has 0 aromatic heterocycles. The van der Waals surface area contributed by atoms with Gasteiger partial charge in [-0.3, -0.25) is 14.6 Å². The van der Waals surface area contributed by atoms with Gasteiger partial charge in [0, 0.05) is 37.3 Å². The first-order chi connectivity index (χ1) is 21.3. The average Bonchev–Trinajstić information content (AvgIpc) is 3.29. The minimum absolute atomic E-state index is 0.0618. The van der Waals surface area contributed by atoms with Crippen molar-refractivity contribution in [2.24, 2.45) is 0 Å². The topological polar surface area (TPSA) is 88.5 Å². The van der Waals surface area contributed by atoms with Crippen LogP contribution in [-0.4, -0.2) is 83.7 Å². The number of carboxylic acids is 1. The molecule has 0 aliphatic carbocycles. The second-order valence-electron chi connectivity index (χ2n) is 10.0. The molecule has 0 spiro atoms. The molecule has 2 aliphatic heterocycles. The number of hydrogen-bond acceptors (Lipinski definition) is 8. The normalized spacial score (nSPS) is 16.5. The molecule has 230 valence electrons. The summed E-state index contributed by atoms with van der Waals surface area (Å²) in [6.07, 6.45) is 2.18. The fraction of sp³-hybridized carbons (Fsp3) is 0.281. The van der Waals surface area contributed by atoms with Gasteiger partial charge in [0.2, 0.25) is 0 Å². The van der Waals surface area contributed by atoms with E-state index in [0.29, 0.717) is 77.8 Å². The Morgan fingerprint density at radius 3 is 2.50 bits per heavy atom. The molecule has 5 rings (SSSR count). The van der Waals surface area contributed by atoms with E-state index in [4.69, 9.17) is 31.5 Å². The zero-order chi connectivity index (χ0) is 31.1. The number of carbonyl (C=O) groups is 2. The Morgan fingerprint density at radius 2 is 1.75 bits per heavy atom. The Bertz CT molecular complexity index is 1560. The number of halogens is 2. The van der Waals surface area contributed by atoms with E-state index in [1.807, 2.05) is 0 Å². The quantitative estimate of drug-likeness (QED) is 0.152. The van der Waals surface area contributed by atoms with Gasteiger partial charge in [0.15, 0.2) is 0 Å². The Morgan fingerprint density at radius 1 is 0.977 bits per heavy atom. The first-order valence-corrected chi connectivity index (χ1v) is 15.2. The van der Waals surface area contributed by atoms with Crippen LogP contribution in [0.1, 0.15) is 22.3 Å². The summed E-state index contributed by atoms with van der Waals surface area (Å²) in [7, 11) is 0. The van der Waals surface area contributed by atoms with Gasteiger partial charge in [0.25, 0.3) is 5.91 Å². The summed E-state index contributed by atoms with van der Waals surface area (Å²) in [6, 6.07) is 14.5. The summed E-state index contributed by atoms with van der Waals surface area (Å²) in [5.74, 6) is -1.50. The minimum atomic E-state index is -1.01. The lowest BCUT2D eigenvalue weighted by Gasteiger charge is -2.26. The molecular formula is C32H30F2N2O6S2. The lowest BCUT2D eigenvalue weighted by molar-refractivity contribution is -0.122. The molecule has 1 N–H and O–H groups in total. The number of carboxylic acid groups (broad SMARTS) is 1. The van der Waals surface area contributed by atoms with Crippen LogP contribution in [0.25, 0.3) is 17.2 Å². The highest BCUT2D eigenvalue weighted by Gasteiger charge is 2.31. The fourth-order valence-electron chi connectivity index (χ4n) is 4.74. The first-order valence-electron chi connectivity index (χ1n) is 14.0. The number of ether oxygens (including phenoxy) is 3. The van der Waals surface area contributed by atoms with Crippen molar-refractivity contribution >= 4 is 46.3 Å². The number of hydrogen-bond donors (Lipinski definition) is 1. The van der Waals surface area contributed by atoms with Gasteiger partial charge in [-0.15, -0.1) is 0 Å². The maximum absolute atomic E-state index is 14.9. The number of thiocarbonyl (C=S) groups is 1. The molecule has 0 atom stereocenters. The lowest BCUT2D eigenvalue weighted by Crippen LogP contribution is -2.38. The van der Waals surface area contributed by atoms with Gasteiger partial charge >= 0.3 is 5.97 Å². The number of amides is 1. The van der Waals surface area contributed by atoms with Crippen LogP contribution in [0.2, 0.25) is 0 Å². The zero-order valence-electron chi connectivity index (χ0n) is 23.7. The van der Waals surface area contributed by atoms with Crippen LogP contribution >= 0.6 is 24.0 Å². The highest BCUT2D eigenvalue weighted by atomic mass is 32.2. The van der Waals surface area contributed by atoms with Crippen molar-refractivity contribution in [3.05, 3.63) is 88.3 Å². The van der Waals surface area contributed by atoms with Gasteiger partial charge in [-0.25, -0.2) is 13.6 Å². The van der Waals surface area contributed by atoms with Crippen LogP contribution in [-0.2, 0) is 9.53 Å². The second kappa shape index (κ2) is 14.8. The lowest BCUT2D eigenvalue weighted by atomic mass is 10.0. The predicted molar refractivity (Wildman–Crippen MR) is 168 cm³/mol. The fourth-order valence-corrected chi connectivity index (χ4v) is 6.05. The minimum Gasteiger partial charge on any atom is -0.494 e. The molecule has 0 saturated carbocycles. The average molecular weight is 641 g/mol. The highest BCUT2D eigenvalue weighted by Crippen LogP contribution is 2.37. The van der Waals surface area contributed by atoms with Gasteiger partial charge < -0.3 is 19.3 Å². The molecule has 3 aromatic carbocycles. The van der Waals surface area contributed by atoms with Gasteiger partial charge in [-0.1, -0.05) is 30.0 Å². The number of rotatable bonds is 12. The molecule has 8 nitrogen and oxygen atoms in total. The molecule has 2 fully saturated rings. The number of aromatic carboxylic acids is 1. The van der Waals surface area contributed by atoms with Crippen LogP contribution in [0.15, 0.2) is 65.6 Å². The van der Waals surface area contributed by atoms with Gasteiger partial charge in [-0.05, 0) is 72.7 Å². The molecule has 1 amide bonds. The van der Waals surface area contributed by atoms with E-state index < -0.39 is 17.6 Å².